The summed E-state index contributed by atoms with van der Waals surface area (Å²) in [5.41, 5.74) is 1.76. The van der Waals surface area contributed by atoms with Gasteiger partial charge in [-0.2, -0.15) is 0 Å². The molecule has 0 N–H and O–H groups in total. The van der Waals surface area contributed by atoms with Crippen LogP contribution < -0.4 is 0 Å². The number of carbonyl (C=O) groups excluding carboxylic acids is 1. The molecule has 2 aromatic carbocycles. The zero-order valence-electron chi connectivity index (χ0n) is 12.4. The maximum Gasteiger partial charge on any atom is 0.163 e. The first-order chi connectivity index (χ1) is 10.7. The minimum Gasteiger partial charge on any atom is -0.374 e. The Morgan fingerprint density at radius 3 is 2.55 bits per heavy atom. The lowest BCUT2D eigenvalue weighted by molar-refractivity contribution is -0.0109. The molecule has 1 aliphatic rings. The van der Waals surface area contributed by atoms with E-state index < -0.39 is 0 Å². The van der Waals surface area contributed by atoms with Crippen molar-refractivity contribution in [2.75, 3.05) is 6.61 Å². The summed E-state index contributed by atoms with van der Waals surface area (Å²) in [5, 5.41) is 0. The summed E-state index contributed by atoms with van der Waals surface area (Å²) in [6.45, 7) is 0.648. The molecule has 0 saturated carbocycles. The van der Waals surface area contributed by atoms with Crippen LogP contribution in [0.5, 0.6) is 0 Å². The fraction of sp³-hybridized carbons (Fsp3) is 0.316. The van der Waals surface area contributed by atoms with E-state index >= 15 is 0 Å². The molecule has 0 unspecified atom stereocenters. The van der Waals surface area contributed by atoms with Crippen molar-refractivity contribution in [1.82, 2.24) is 0 Å². The lowest BCUT2D eigenvalue weighted by atomic mass is 9.87. The molecule has 1 saturated heterocycles. The van der Waals surface area contributed by atoms with Gasteiger partial charge < -0.3 is 4.74 Å². The smallest absolute Gasteiger partial charge is 0.163 e. The van der Waals surface area contributed by atoms with E-state index in [-0.39, 0.29) is 17.7 Å². The Bertz CT molecular complexity index is 622. The first kappa shape index (κ1) is 14.9. The number of hydrogen-bond acceptors (Lipinski definition) is 2. The van der Waals surface area contributed by atoms with Gasteiger partial charge in [-0.25, -0.2) is 4.39 Å². The zero-order valence-corrected chi connectivity index (χ0v) is 12.4. The number of benzene rings is 2. The van der Waals surface area contributed by atoms with Crippen molar-refractivity contribution in [3.05, 3.63) is 71.5 Å². The van der Waals surface area contributed by atoms with Crippen LogP contribution in [0.3, 0.4) is 0 Å². The topological polar surface area (TPSA) is 26.3 Å². The van der Waals surface area contributed by atoms with Crippen LogP contribution in [0, 0.1) is 11.7 Å². The maximum atomic E-state index is 13.0. The van der Waals surface area contributed by atoms with Crippen LogP contribution in [-0.4, -0.2) is 12.4 Å². The summed E-state index contributed by atoms with van der Waals surface area (Å²) in [7, 11) is 0. The van der Waals surface area contributed by atoms with E-state index in [1.54, 1.807) is 12.1 Å². The van der Waals surface area contributed by atoms with E-state index in [2.05, 4.69) is 0 Å². The third kappa shape index (κ3) is 3.60. The van der Waals surface area contributed by atoms with E-state index in [1.165, 1.54) is 12.1 Å². The van der Waals surface area contributed by atoms with Crippen molar-refractivity contribution < 1.29 is 13.9 Å². The van der Waals surface area contributed by atoms with Crippen molar-refractivity contribution in [1.29, 1.82) is 0 Å². The van der Waals surface area contributed by atoms with Gasteiger partial charge in [-0.3, -0.25) is 4.79 Å². The molecule has 2 nitrogen and oxygen atoms in total. The second-order valence-electron chi connectivity index (χ2n) is 5.79. The summed E-state index contributed by atoms with van der Waals surface area (Å²) in [6.07, 6.45) is 2.22. The summed E-state index contributed by atoms with van der Waals surface area (Å²) in [5.74, 6) is 0.261. The molecular weight excluding hydrogens is 279 g/mol. The highest BCUT2D eigenvalue weighted by atomic mass is 19.1. The monoisotopic (exact) mass is 298 g/mol. The van der Waals surface area contributed by atoms with Gasteiger partial charge in [0.15, 0.2) is 5.78 Å². The Kier molecular flexibility index (Phi) is 4.64. The van der Waals surface area contributed by atoms with Crippen LogP contribution >= 0.6 is 0 Å². The van der Waals surface area contributed by atoms with E-state index in [0.29, 0.717) is 18.9 Å². The van der Waals surface area contributed by atoms with Gasteiger partial charge in [0.05, 0.1) is 6.10 Å². The average molecular weight is 298 g/mol. The first-order valence-electron chi connectivity index (χ1n) is 7.67. The molecule has 2 aromatic rings. The molecule has 3 heteroatoms. The van der Waals surface area contributed by atoms with Gasteiger partial charge in [-0.15, -0.1) is 0 Å². The van der Waals surface area contributed by atoms with Crippen molar-refractivity contribution >= 4 is 5.78 Å². The molecule has 0 aromatic heterocycles. The van der Waals surface area contributed by atoms with Gasteiger partial charge in [-0.1, -0.05) is 42.5 Å². The Hall–Kier alpha value is -2.00. The molecule has 0 amide bonds. The van der Waals surface area contributed by atoms with Crippen LogP contribution in [0.4, 0.5) is 4.39 Å². The van der Waals surface area contributed by atoms with E-state index in [0.717, 1.165) is 24.0 Å². The number of ketones is 1. The molecule has 0 radical (unpaired) electrons. The zero-order chi connectivity index (χ0) is 15.4. The van der Waals surface area contributed by atoms with Crippen molar-refractivity contribution in [3.8, 4) is 0 Å². The molecule has 22 heavy (non-hydrogen) atoms. The third-order valence-electron chi connectivity index (χ3n) is 4.20. The number of rotatable bonds is 4. The lowest BCUT2D eigenvalue weighted by Crippen LogP contribution is -2.22. The van der Waals surface area contributed by atoms with Crippen LogP contribution in [0.1, 0.15) is 41.3 Å². The van der Waals surface area contributed by atoms with Gasteiger partial charge in [0.25, 0.3) is 0 Å². The average Bonchev–Trinajstić information content (AvgIpc) is 2.56. The third-order valence-corrected chi connectivity index (χ3v) is 4.20. The van der Waals surface area contributed by atoms with E-state index in [9.17, 15) is 9.18 Å². The molecule has 114 valence electrons. The maximum absolute atomic E-state index is 13.0. The number of halogens is 1. The first-order valence-corrected chi connectivity index (χ1v) is 7.67. The Morgan fingerprint density at radius 2 is 1.82 bits per heavy atom. The Balaban J connectivity index is 1.63. The minimum absolute atomic E-state index is 0.0390. The van der Waals surface area contributed by atoms with Crippen molar-refractivity contribution in [3.63, 3.8) is 0 Å². The van der Waals surface area contributed by atoms with Gasteiger partial charge >= 0.3 is 0 Å². The van der Waals surface area contributed by atoms with Gasteiger partial charge in [0.2, 0.25) is 0 Å². The fourth-order valence-electron chi connectivity index (χ4n) is 2.96. The highest BCUT2D eigenvalue weighted by Crippen LogP contribution is 2.33. The molecule has 0 spiro atoms. The lowest BCUT2D eigenvalue weighted by Gasteiger charge is -2.29. The van der Waals surface area contributed by atoms with Gasteiger partial charge in [-0.05, 0) is 36.5 Å². The summed E-state index contributed by atoms with van der Waals surface area (Å²) in [4.78, 5) is 12.3. The number of hydrogen-bond donors (Lipinski definition) is 0. The number of carbonyl (C=O) groups is 1. The quantitative estimate of drug-likeness (QED) is 0.773. The molecular formula is C19H19FO2. The molecule has 1 heterocycles. The second kappa shape index (κ2) is 6.84. The summed E-state index contributed by atoms with van der Waals surface area (Å²) < 4.78 is 18.8. The SMILES string of the molecule is O=C(C[C@H]1CCO[C@@H](c2ccc(F)cc2)C1)c1ccccc1. The normalized spacial score (nSPS) is 21.5. The largest absolute Gasteiger partial charge is 0.374 e. The minimum atomic E-state index is -0.240. The standard InChI is InChI=1S/C19H19FO2/c20-17-8-6-16(7-9-17)19-13-14(10-11-22-19)12-18(21)15-4-2-1-3-5-15/h1-9,14,19H,10-13H2/t14-,19-/m1/s1. The van der Waals surface area contributed by atoms with Gasteiger partial charge in [0.1, 0.15) is 5.82 Å². The van der Waals surface area contributed by atoms with Gasteiger partial charge in [0, 0.05) is 18.6 Å². The Morgan fingerprint density at radius 1 is 1.09 bits per heavy atom. The van der Waals surface area contributed by atoms with Crippen LogP contribution in [-0.2, 0) is 4.74 Å². The molecule has 2 atom stereocenters. The number of Topliss-reactive ketones (excluding diaryl/α,β-unsaturated/α-hetero) is 1. The molecule has 1 fully saturated rings. The van der Waals surface area contributed by atoms with Crippen LogP contribution in [0.15, 0.2) is 54.6 Å². The van der Waals surface area contributed by atoms with Crippen molar-refractivity contribution in [2.24, 2.45) is 5.92 Å². The highest BCUT2D eigenvalue weighted by molar-refractivity contribution is 5.96. The molecule has 0 bridgehead atoms. The van der Waals surface area contributed by atoms with Crippen LogP contribution in [0.2, 0.25) is 0 Å². The molecule has 0 aliphatic carbocycles. The van der Waals surface area contributed by atoms with Crippen LogP contribution in [0.25, 0.3) is 0 Å². The van der Waals surface area contributed by atoms with E-state index in [1.807, 2.05) is 30.3 Å². The Labute approximate surface area is 129 Å². The number of ether oxygens (including phenoxy) is 1. The molecule has 3 rings (SSSR count). The van der Waals surface area contributed by atoms with E-state index in [4.69, 9.17) is 4.74 Å². The summed E-state index contributed by atoms with van der Waals surface area (Å²) >= 11 is 0. The van der Waals surface area contributed by atoms with Crippen molar-refractivity contribution in [2.45, 2.75) is 25.4 Å². The predicted molar refractivity (Wildman–Crippen MR) is 83.2 cm³/mol. The predicted octanol–water partition coefficient (Wildman–Crippen LogP) is 4.57. The molecule has 1 aliphatic heterocycles. The highest BCUT2D eigenvalue weighted by Gasteiger charge is 2.26. The summed E-state index contributed by atoms with van der Waals surface area (Å²) in [6, 6.07) is 15.8. The second-order valence-corrected chi connectivity index (χ2v) is 5.79. The fourth-order valence-corrected chi connectivity index (χ4v) is 2.96.